The van der Waals surface area contributed by atoms with Gasteiger partial charge in [-0.25, -0.2) is 0 Å². The number of anilines is 3. The van der Waals surface area contributed by atoms with Crippen LogP contribution in [0.2, 0.25) is 0 Å². The third-order valence-electron chi connectivity index (χ3n) is 13.6. The van der Waals surface area contributed by atoms with E-state index in [1.165, 1.54) is 83.2 Å². The van der Waals surface area contributed by atoms with Gasteiger partial charge in [0, 0.05) is 49.6 Å². The Bertz CT molecular complexity index is 2900. The maximum absolute atomic E-state index is 6.93. The predicted octanol–water partition coefficient (Wildman–Crippen LogP) is 15.2. The lowest BCUT2D eigenvalue weighted by molar-refractivity contribution is 0.591. The SMILES string of the molecule is C=C1/C(=C\C)C(C)(C)c2cc(N(c3ccc4c(c3)C(C)(C)c3c5c(c6oc7ccccc7c6c3-4)-c3ccccc3C5(C)C)c3ccccc3C(C)(C)C)ccc21. The van der Waals surface area contributed by atoms with E-state index < -0.39 is 0 Å². The quantitative estimate of drug-likeness (QED) is 0.180. The zero-order valence-electron chi connectivity index (χ0n) is 34.5. The van der Waals surface area contributed by atoms with Gasteiger partial charge in [-0.05, 0) is 116 Å². The fraction of sp³-hybridized carbons (Fsp3) is 0.259. The minimum absolute atomic E-state index is 0.0709. The van der Waals surface area contributed by atoms with Crippen LogP contribution in [0.25, 0.3) is 49.8 Å². The molecule has 2 heteroatoms. The second-order valence-electron chi connectivity index (χ2n) is 19.0. The van der Waals surface area contributed by atoms with Crippen LogP contribution in [0.5, 0.6) is 0 Å². The summed E-state index contributed by atoms with van der Waals surface area (Å²) in [6.07, 6.45) is 2.24. The molecule has 0 bridgehead atoms. The Hall–Kier alpha value is -5.60. The summed E-state index contributed by atoms with van der Waals surface area (Å²) < 4.78 is 6.93. The van der Waals surface area contributed by atoms with Gasteiger partial charge in [0.25, 0.3) is 0 Å². The van der Waals surface area contributed by atoms with Gasteiger partial charge in [0.05, 0.1) is 0 Å². The van der Waals surface area contributed by atoms with Crippen molar-refractivity contribution in [2.24, 2.45) is 0 Å². The largest absolute Gasteiger partial charge is 0.455 e. The Kier molecular flexibility index (Phi) is 7.01. The van der Waals surface area contributed by atoms with Gasteiger partial charge in [0.1, 0.15) is 11.2 Å². The van der Waals surface area contributed by atoms with E-state index >= 15 is 0 Å². The van der Waals surface area contributed by atoms with Gasteiger partial charge in [0.15, 0.2) is 0 Å². The first-order valence-electron chi connectivity index (χ1n) is 20.3. The number of para-hydroxylation sites is 2. The summed E-state index contributed by atoms with van der Waals surface area (Å²) in [4.78, 5) is 2.51. The summed E-state index contributed by atoms with van der Waals surface area (Å²) in [6, 6.07) is 40.9. The lowest BCUT2D eigenvalue weighted by Gasteiger charge is -2.34. The van der Waals surface area contributed by atoms with Crippen LogP contribution in [0.3, 0.4) is 0 Å². The fourth-order valence-electron chi connectivity index (χ4n) is 11.0. The standard InChI is InChI=1S/C54H51NO/c1-12-38-31(2)34-27-25-32(29-41(34)52(38,6)7)55(43-23-17-16-22-40(43)51(3,4)5)33-26-28-36-42(30-33)54(10,11)48-45(36)46-37-20-14-18-24-44(37)56-50(46)47-35-19-13-15-21-39(35)53(8,9)49(47)48/h12-30H,2H2,1,3-11H3/b38-12+. The molecule has 0 spiro atoms. The molecule has 0 amide bonds. The topological polar surface area (TPSA) is 16.4 Å². The van der Waals surface area contributed by atoms with E-state index in [0.29, 0.717) is 0 Å². The number of nitrogens with zero attached hydrogens (tertiary/aromatic N) is 1. The molecule has 0 atom stereocenters. The molecule has 278 valence electrons. The summed E-state index contributed by atoms with van der Waals surface area (Å²) in [7, 11) is 0. The molecule has 0 radical (unpaired) electrons. The summed E-state index contributed by atoms with van der Waals surface area (Å²) >= 11 is 0. The van der Waals surface area contributed by atoms with Gasteiger partial charge in [-0.3, -0.25) is 0 Å². The van der Waals surface area contributed by atoms with E-state index in [2.05, 4.69) is 196 Å². The van der Waals surface area contributed by atoms with E-state index in [4.69, 9.17) is 4.42 Å². The Labute approximate surface area is 332 Å². The van der Waals surface area contributed by atoms with Crippen LogP contribution in [0.4, 0.5) is 17.1 Å². The van der Waals surface area contributed by atoms with Crippen molar-refractivity contribution in [2.75, 3.05) is 4.90 Å². The number of rotatable bonds is 3. The zero-order chi connectivity index (χ0) is 39.3. The third-order valence-corrected chi connectivity index (χ3v) is 13.6. The van der Waals surface area contributed by atoms with Crippen LogP contribution in [0, 0.1) is 0 Å². The fourth-order valence-corrected chi connectivity index (χ4v) is 11.0. The molecule has 0 saturated heterocycles. The molecular weight excluding hydrogens is 679 g/mol. The summed E-state index contributed by atoms with van der Waals surface area (Å²) in [5.41, 5.74) is 21.8. The third kappa shape index (κ3) is 4.39. The predicted molar refractivity (Wildman–Crippen MR) is 238 cm³/mol. The molecule has 2 nitrogen and oxygen atoms in total. The van der Waals surface area contributed by atoms with Crippen molar-refractivity contribution in [3.8, 4) is 22.3 Å². The molecule has 1 aromatic heterocycles. The van der Waals surface area contributed by atoms with Gasteiger partial charge in [-0.2, -0.15) is 0 Å². The minimum Gasteiger partial charge on any atom is -0.455 e. The first-order chi connectivity index (χ1) is 26.6. The van der Waals surface area contributed by atoms with E-state index in [0.717, 1.165) is 28.1 Å². The molecule has 10 rings (SSSR count). The number of hydrogen-bond acceptors (Lipinski definition) is 2. The monoisotopic (exact) mass is 729 g/mol. The molecule has 7 aromatic rings. The Morgan fingerprint density at radius 1 is 0.607 bits per heavy atom. The second kappa shape index (κ2) is 11.3. The molecule has 3 aliphatic rings. The molecule has 3 aliphatic carbocycles. The van der Waals surface area contributed by atoms with Crippen LogP contribution in [0.1, 0.15) is 108 Å². The Balaban J connectivity index is 1.26. The molecular formula is C54H51NO. The van der Waals surface area contributed by atoms with Crippen molar-refractivity contribution in [1.82, 2.24) is 0 Å². The van der Waals surface area contributed by atoms with Crippen LogP contribution in [-0.4, -0.2) is 0 Å². The highest BCUT2D eigenvalue weighted by Crippen LogP contribution is 2.63. The number of benzene rings is 6. The Morgan fingerprint density at radius 2 is 1.18 bits per heavy atom. The van der Waals surface area contributed by atoms with E-state index in [1.807, 2.05) is 0 Å². The highest BCUT2D eigenvalue weighted by atomic mass is 16.3. The van der Waals surface area contributed by atoms with Crippen LogP contribution < -0.4 is 4.90 Å². The van der Waals surface area contributed by atoms with Crippen molar-refractivity contribution < 1.29 is 4.42 Å². The summed E-state index contributed by atoms with van der Waals surface area (Å²) in [5.74, 6) is 0. The van der Waals surface area contributed by atoms with E-state index in [1.54, 1.807) is 0 Å². The zero-order valence-corrected chi connectivity index (χ0v) is 34.5. The van der Waals surface area contributed by atoms with Crippen LogP contribution >= 0.6 is 0 Å². The van der Waals surface area contributed by atoms with Gasteiger partial charge < -0.3 is 9.32 Å². The minimum atomic E-state index is -0.287. The van der Waals surface area contributed by atoms with Crippen molar-refractivity contribution in [2.45, 2.75) is 90.9 Å². The number of hydrogen-bond donors (Lipinski definition) is 0. The molecule has 0 saturated carbocycles. The Morgan fingerprint density at radius 3 is 1.89 bits per heavy atom. The second-order valence-corrected chi connectivity index (χ2v) is 19.0. The maximum atomic E-state index is 6.93. The van der Waals surface area contributed by atoms with Gasteiger partial charge in [-0.1, -0.05) is 148 Å². The lowest BCUT2D eigenvalue weighted by atomic mass is 9.72. The average molecular weight is 730 g/mol. The molecule has 0 aliphatic heterocycles. The highest BCUT2D eigenvalue weighted by molar-refractivity contribution is 6.20. The molecule has 56 heavy (non-hydrogen) atoms. The van der Waals surface area contributed by atoms with Crippen molar-refractivity contribution >= 4 is 44.6 Å². The van der Waals surface area contributed by atoms with Crippen molar-refractivity contribution in [3.05, 3.63) is 166 Å². The normalized spacial score (nSPS) is 17.6. The maximum Gasteiger partial charge on any atom is 0.144 e. The number of furan rings is 1. The molecule has 0 fully saturated rings. The number of allylic oxidation sites excluding steroid dienone is 3. The van der Waals surface area contributed by atoms with Crippen LogP contribution in [0.15, 0.2) is 132 Å². The molecule has 1 heterocycles. The van der Waals surface area contributed by atoms with Gasteiger partial charge in [-0.15, -0.1) is 0 Å². The van der Waals surface area contributed by atoms with Crippen molar-refractivity contribution in [3.63, 3.8) is 0 Å². The first-order valence-corrected chi connectivity index (χ1v) is 20.3. The smallest absolute Gasteiger partial charge is 0.144 e. The van der Waals surface area contributed by atoms with Crippen molar-refractivity contribution in [1.29, 1.82) is 0 Å². The molecule has 0 N–H and O–H groups in total. The van der Waals surface area contributed by atoms with E-state index in [9.17, 15) is 0 Å². The average Bonchev–Trinajstić information content (AvgIpc) is 3.80. The molecule has 0 unspecified atom stereocenters. The lowest BCUT2D eigenvalue weighted by Crippen LogP contribution is -2.24. The number of fused-ring (bicyclic) bond motifs is 13. The van der Waals surface area contributed by atoms with E-state index in [-0.39, 0.29) is 21.7 Å². The summed E-state index contributed by atoms with van der Waals surface area (Å²) in [6.45, 7) is 28.0. The highest BCUT2D eigenvalue weighted by Gasteiger charge is 2.49. The van der Waals surface area contributed by atoms with Crippen LogP contribution in [-0.2, 0) is 21.7 Å². The summed E-state index contributed by atoms with van der Waals surface area (Å²) in [5, 5.41) is 2.41. The van der Waals surface area contributed by atoms with Gasteiger partial charge in [0.2, 0.25) is 0 Å². The molecule has 6 aromatic carbocycles. The van der Waals surface area contributed by atoms with Gasteiger partial charge >= 0.3 is 0 Å². The first kappa shape index (κ1) is 34.9.